The molecule has 13 heavy (non-hydrogen) atoms. The Kier molecular flexibility index (Phi) is 3.92. The summed E-state index contributed by atoms with van der Waals surface area (Å²) in [6.45, 7) is 3.33. The van der Waals surface area contributed by atoms with Gasteiger partial charge in [0.25, 0.3) is 0 Å². The fraction of sp³-hybridized carbons (Fsp3) is 0.625. The topological polar surface area (TPSA) is 90.2 Å². The number of carboxylic acids is 1. The Labute approximate surface area is 76.4 Å². The van der Waals surface area contributed by atoms with Gasteiger partial charge in [-0.05, 0) is 5.41 Å². The largest absolute Gasteiger partial charge is 0.481 e. The van der Waals surface area contributed by atoms with Crippen molar-refractivity contribution in [3.8, 4) is 6.19 Å². The van der Waals surface area contributed by atoms with Gasteiger partial charge in [-0.1, -0.05) is 13.8 Å². The van der Waals surface area contributed by atoms with Crippen LogP contribution in [-0.4, -0.2) is 17.0 Å². The van der Waals surface area contributed by atoms with Gasteiger partial charge in [0.15, 0.2) is 6.19 Å². The smallest absolute Gasteiger partial charge is 0.303 e. The Balaban J connectivity index is 4.10. The lowest BCUT2D eigenvalue weighted by Crippen LogP contribution is -2.27. The van der Waals surface area contributed by atoms with Crippen LogP contribution in [0.15, 0.2) is 0 Å². The van der Waals surface area contributed by atoms with Crippen molar-refractivity contribution < 1.29 is 14.7 Å². The molecule has 0 unspecified atom stereocenters. The lowest BCUT2D eigenvalue weighted by atomic mass is 9.85. The van der Waals surface area contributed by atoms with Gasteiger partial charge in [0, 0.05) is 6.42 Å². The van der Waals surface area contributed by atoms with Crippen LogP contribution in [0.5, 0.6) is 0 Å². The molecular formula is C8H12N2O3. The number of carboxylic acid groups (broad SMARTS) is 1. The first kappa shape index (κ1) is 11.4. The second-order valence-corrected chi connectivity index (χ2v) is 3.57. The van der Waals surface area contributed by atoms with Gasteiger partial charge in [0.1, 0.15) is 0 Å². The third kappa shape index (κ3) is 5.67. The SMILES string of the molecule is CC(C)(CC(=O)O)CC(=O)NC#N. The van der Waals surface area contributed by atoms with Crippen LogP contribution < -0.4 is 5.32 Å². The van der Waals surface area contributed by atoms with E-state index in [9.17, 15) is 9.59 Å². The molecule has 0 atom stereocenters. The Hall–Kier alpha value is -1.57. The number of carbonyl (C=O) groups excluding carboxylic acids is 1. The summed E-state index contributed by atoms with van der Waals surface area (Å²) in [6, 6.07) is 0. The van der Waals surface area contributed by atoms with E-state index in [1.807, 2.05) is 5.32 Å². The minimum Gasteiger partial charge on any atom is -0.481 e. The summed E-state index contributed by atoms with van der Waals surface area (Å²) < 4.78 is 0. The highest BCUT2D eigenvalue weighted by Crippen LogP contribution is 2.24. The lowest BCUT2D eigenvalue weighted by Gasteiger charge is -2.20. The quantitative estimate of drug-likeness (QED) is 0.491. The molecule has 72 valence electrons. The minimum absolute atomic E-state index is 0.0346. The zero-order valence-corrected chi connectivity index (χ0v) is 7.63. The first-order chi connectivity index (χ1) is 5.87. The van der Waals surface area contributed by atoms with E-state index in [0.717, 1.165) is 0 Å². The second kappa shape index (κ2) is 4.45. The molecule has 0 aromatic carbocycles. The van der Waals surface area contributed by atoms with Crippen molar-refractivity contribution in [1.82, 2.24) is 5.32 Å². The van der Waals surface area contributed by atoms with Crippen molar-refractivity contribution in [1.29, 1.82) is 5.26 Å². The summed E-state index contributed by atoms with van der Waals surface area (Å²) in [5.41, 5.74) is -0.618. The fourth-order valence-electron chi connectivity index (χ4n) is 1.01. The summed E-state index contributed by atoms with van der Waals surface area (Å²) in [5, 5.41) is 18.6. The molecule has 0 aliphatic rings. The van der Waals surface area contributed by atoms with E-state index in [2.05, 4.69) is 0 Å². The maximum absolute atomic E-state index is 10.9. The molecule has 1 amide bonds. The number of rotatable bonds is 4. The van der Waals surface area contributed by atoms with Crippen molar-refractivity contribution in [2.45, 2.75) is 26.7 Å². The number of amides is 1. The van der Waals surface area contributed by atoms with E-state index in [4.69, 9.17) is 10.4 Å². The number of nitrogens with one attached hydrogen (secondary N) is 1. The van der Waals surface area contributed by atoms with Crippen molar-refractivity contribution in [2.75, 3.05) is 0 Å². The summed E-state index contributed by atoms with van der Waals surface area (Å²) in [6.07, 6.45) is 1.44. The average molecular weight is 184 g/mol. The summed E-state index contributed by atoms with van der Waals surface area (Å²) >= 11 is 0. The normalized spacial score (nSPS) is 10.2. The van der Waals surface area contributed by atoms with Gasteiger partial charge in [0.05, 0.1) is 6.42 Å². The third-order valence-corrected chi connectivity index (χ3v) is 1.46. The molecule has 0 fully saturated rings. The lowest BCUT2D eigenvalue weighted by molar-refractivity contribution is -0.139. The van der Waals surface area contributed by atoms with Crippen molar-refractivity contribution in [3.63, 3.8) is 0 Å². The van der Waals surface area contributed by atoms with Gasteiger partial charge >= 0.3 is 5.97 Å². The molecule has 5 nitrogen and oxygen atoms in total. The van der Waals surface area contributed by atoms with E-state index in [1.54, 1.807) is 13.8 Å². The predicted octanol–water partition coefficient (Wildman–Crippen LogP) is 0.475. The fourth-order valence-corrected chi connectivity index (χ4v) is 1.01. The van der Waals surface area contributed by atoms with Crippen LogP contribution in [0.25, 0.3) is 0 Å². The molecule has 0 aromatic heterocycles. The Morgan fingerprint density at radius 2 is 2.00 bits per heavy atom. The predicted molar refractivity (Wildman–Crippen MR) is 44.4 cm³/mol. The summed E-state index contributed by atoms with van der Waals surface area (Å²) in [5.74, 6) is -1.40. The first-order valence-electron chi connectivity index (χ1n) is 3.77. The monoisotopic (exact) mass is 184 g/mol. The highest BCUT2D eigenvalue weighted by molar-refractivity contribution is 5.79. The van der Waals surface area contributed by atoms with Crippen LogP contribution >= 0.6 is 0 Å². The molecule has 0 aliphatic heterocycles. The molecular weight excluding hydrogens is 172 g/mol. The third-order valence-electron chi connectivity index (χ3n) is 1.46. The summed E-state index contributed by atoms with van der Waals surface area (Å²) in [4.78, 5) is 21.3. The van der Waals surface area contributed by atoms with Crippen LogP contribution in [0, 0.1) is 16.9 Å². The van der Waals surface area contributed by atoms with Crippen LogP contribution in [-0.2, 0) is 9.59 Å². The zero-order valence-electron chi connectivity index (χ0n) is 7.63. The summed E-state index contributed by atoms with van der Waals surface area (Å²) in [7, 11) is 0. The van der Waals surface area contributed by atoms with Crippen LogP contribution in [0.1, 0.15) is 26.7 Å². The maximum atomic E-state index is 10.9. The Bertz CT molecular complexity index is 253. The number of hydrogen-bond donors (Lipinski definition) is 2. The van der Waals surface area contributed by atoms with Gasteiger partial charge in [-0.3, -0.25) is 14.9 Å². The molecule has 0 spiro atoms. The van der Waals surface area contributed by atoms with Gasteiger partial charge in [-0.2, -0.15) is 5.26 Å². The number of nitrogens with zero attached hydrogens (tertiary/aromatic N) is 1. The highest BCUT2D eigenvalue weighted by atomic mass is 16.4. The van der Waals surface area contributed by atoms with Crippen LogP contribution in [0.3, 0.4) is 0 Å². The Morgan fingerprint density at radius 1 is 1.46 bits per heavy atom. The zero-order chi connectivity index (χ0) is 10.5. The average Bonchev–Trinajstić information content (AvgIpc) is 1.81. The highest BCUT2D eigenvalue weighted by Gasteiger charge is 2.24. The molecule has 0 bridgehead atoms. The molecule has 0 saturated carbocycles. The van der Waals surface area contributed by atoms with Crippen molar-refractivity contribution in [2.24, 2.45) is 5.41 Å². The number of nitriles is 1. The van der Waals surface area contributed by atoms with E-state index in [-0.39, 0.29) is 12.8 Å². The number of hydrogen-bond acceptors (Lipinski definition) is 3. The van der Waals surface area contributed by atoms with Gasteiger partial charge in [-0.25, -0.2) is 0 Å². The van der Waals surface area contributed by atoms with Crippen LogP contribution in [0.2, 0.25) is 0 Å². The standard InChI is InChI=1S/C8H12N2O3/c1-8(2,4-7(12)13)3-6(11)10-5-9/h3-4H2,1-2H3,(H,10,11)(H,12,13). The van der Waals surface area contributed by atoms with Gasteiger partial charge < -0.3 is 5.11 Å². The molecule has 0 rings (SSSR count). The molecule has 0 heterocycles. The molecule has 0 radical (unpaired) electrons. The van der Waals surface area contributed by atoms with E-state index >= 15 is 0 Å². The van der Waals surface area contributed by atoms with E-state index in [0.29, 0.717) is 0 Å². The second-order valence-electron chi connectivity index (χ2n) is 3.57. The molecule has 0 saturated heterocycles. The van der Waals surface area contributed by atoms with Crippen LogP contribution in [0.4, 0.5) is 0 Å². The minimum atomic E-state index is -0.949. The molecule has 0 aromatic rings. The van der Waals surface area contributed by atoms with E-state index < -0.39 is 17.3 Å². The van der Waals surface area contributed by atoms with Gasteiger partial charge in [0.2, 0.25) is 5.91 Å². The molecule has 0 aliphatic carbocycles. The van der Waals surface area contributed by atoms with Crippen molar-refractivity contribution in [3.05, 3.63) is 0 Å². The first-order valence-corrected chi connectivity index (χ1v) is 3.77. The van der Waals surface area contributed by atoms with E-state index in [1.165, 1.54) is 6.19 Å². The van der Waals surface area contributed by atoms with Crippen molar-refractivity contribution >= 4 is 11.9 Å². The maximum Gasteiger partial charge on any atom is 0.303 e. The number of aliphatic carboxylic acids is 1. The molecule has 2 N–H and O–H groups in total. The van der Waals surface area contributed by atoms with Gasteiger partial charge in [-0.15, -0.1) is 0 Å². The molecule has 5 heteroatoms. The number of carbonyl (C=O) groups is 2. The Morgan fingerprint density at radius 3 is 2.38 bits per heavy atom.